The van der Waals surface area contributed by atoms with E-state index in [0.717, 1.165) is 17.3 Å². The number of nitrogens with one attached hydrogen (secondary N) is 1. The smallest absolute Gasteiger partial charge is 0.127 e. The van der Waals surface area contributed by atoms with Gasteiger partial charge in [0.25, 0.3) is 0 Å². The highest BCUT2D eigenvalue weighted by Gasteiger charge is 2.00. The van der Waals surface area contributed by atoms with Crippen molar-refractivity contribution in [1.82, 2.24) is 0 Å². The van der Waals surface area contributed by atoms with Crippen LogP contribution in [0.5, 0.6) is 5.75 Å². The third-order valence-electron chi connectivity index (χ3n) is 2.55. The van der Waals surface area contributed by atoms with Crippen LogP contribution >= 0.6 is 0 Å². The van der Waals surface area contributed by atoms with Crippen molar-refractivity contribution in [1.29, 1.82) is 0 Å². The number of benzene rings is 2. The largest absolute Gasteiger partial charge is 0.508 e. The topological polar surface area (TPSA) is 52.5 Å². The lowest BCUT2D eigenvalue weighted by Crippen LogP contribution is -2.00. The minimum absolute atomic E-state index is 0.0176. The zero-order valence-electron chi connectivity index (χ0n) is 9.73. The van der Waals surface area contributed by atoms with E-state index in [4.69, 9.17) is 5.11 Å². The zero-order valence-corrected chi connectivity index (χ0v) is 9.73. The Morgan fingerprint density at radius 2 is 1.89 bits per heavy atom. The lowest BCUT2D eigenvalue weighted by Gasteiger charge is -2.08. The molecule has 0 heterocycles. The predicted octanol–water partition coefficient (Wildman–Crippen LogP) is 2.64. The predicted molar refractivity (Wildman–Crippen MR) is 67.8 cm³/mol. The Balaban J connectivity index is 2.06. The van der Waals surface area contributed by atoms with Gasteiger partial charge in [0, 0.05) is 18.3 Å². The third-order valence-corrected chi connectivity index (χ3v) is 2.55. The number of aliphatic hydroxyl groups excluding tert-OH is 1. The molecule has 4 heteroatoms. The molecule has 0 saturated carbocycles. The molecule has 0 unspecified atom stereocenters. The maximum absolute atomic E-state index is 13.1. The van der Waals surface area contributed by atoms with Gasteiger partial charge in [-0.1, -0.05) is 12.1 Å². The first-order chi connectivity index (χ1) is 8.67. The second-order valence-electron chi connectivity index (χ2n) is 4.03. The molecule has 0 aliphatic carbocycles. The lowest BCUT2D eigenvalue weighted by atomic mass is 10.2. The molecule has 0 spiro atoms. The Labute approximate surface area is 105 Å². The molecule has 0 fully saturated rings. The average Bonchev–Trinajstić information content (AvgIpc) is 2.35. The van der Waals surface area contributed by atoms with Crippen LogP contribution in [0, 0.1) is 5.82 Å². The first kappa shape index (κ1) is 12.4. The van der Waals surface area contributed by atoms with Gasteiger partial charge >= 0.3 is 0 Å². The van der Waals surface area contributed by atoms with Crippen LogP contribution in [0.1, 0.15) is 11.1 Å². The first-order valence-corrected chi connectivity index (χ1v) is 5.59. The number of rotatable bonds is 4. The van der Waals surface area contributed by atoms with Crippen molar-refractivity contribution in [3.05, 3.63) is 59.4 Å². The van der Waals surface area contributed by atoms with Gasteiger partial charge in [-0.05, 0) is 35.4 Å². The Morgan fingerprint density at radius 3 is 2.61 bits per heavy atom. The van der Waals surface area contributed by atoms with Crippen LogP contribution in [-0.2, 0) is 13.2 Å². The van der Waals surface area contributed by atoms with Gasteiger partial charge in [0.05, 0.1) is 6.61 Å². The van der Waals surface area contributed by atoms with Crippen LogP contribution < -0.4 is 5.32 Å². The number of hydrogen-bond donors (Lipinski definition) is 3. The van der Waals surface area contributed by atoms with Crippen molar-refractivity contribution >= 4 is 5.69 Å². The molecule has 0 aliphatic heterocycles. The Morgan fingerprint density at radius 1 is 1.06 bits per heavy atom. The summed E-state index contributed by atoms with van der Waals surface area (Å²) in [6, 6.07) is 11.3. The van der Waals surface area contributed by atoms with Gasteiger partial charge in [-0.3, -0.25) is 0 Å². The van der Waals surface area contributed by atoms with E-state index < -0.39 is 5.82 Å². The summed E-state index contributed by atoms with van der Waals surface area (Å²) < 4.78 is 13.1. The molecule has 0 aromatic heterocycles. The Bertz CT molecular complexity index is 523. The van der Waals surface area contributed by atoms with E-state index in [1.54, 1.807) is 0 Å². The van der Waals surface area contributed by atoms with Gasteiger partial charge in [-0.15, -0.1) is 0 Å². The summed E-state index contributed by atoms with van der Waals surface area (Å²) in [6.45, 7) is 0.385. The number of anilines is 1. The summed E-state index contributed by atoms with van der Waals surface area (Å²) in [6.07, 6.45) is 0. The molecule has 2 rings (SSSR count). The highest BCUT2D eigenvalue weighted by atomic mass is 19.1. The van der Waals surface area contributed by atoms with Crippen molar-refractivity contribution in [3.8, 4) is 5.75 Å². The highest BCUT2D eigenvalue weighted by molar-refractivity contribution is 5.46. The fourth-order valence-corrected chi connectivity index (χ4v) is 1.72. The fourth-order valence-electron chi connectivity index (χ4n) is 1.72. The van der Waals surface area contributed by atoms with Crippen LogP contribution in [0.2, 0.25) is 0 Å². The summed E-state index contributed by atoms with van der Waals surface area (Å²) >= 11 is 0. The molecule has 2 aromatic carbocycles. The van der Waals surface area contributed by atoms with Gasteiger partial charge in [-0.2, -0.15) is 0 Å². The first-order valence-electron chi connectivity index (χ1n) is 5.59. The Kier molecular flexibility index (Phi) is 3.79. The Hall–Kier alpha value is -2.07. The quantitative estimate of drug-likeness (QED) is 0.778. The average molecular weight is 247 g/mol. The fraction of sp³-hybridized carbons (Fsp3) is 0.143. The van der Waals surface area contributed by atoms with Crippen molar-refractivity contribution in [2.24, 2.45) is 0 Å². The number of aliphatic hydroxyl groups is 1. The molecule has 94 valence electrons. The minimum atomic E-state index is -0.462. The van der Waals surface area contributed by atoms with Crippen molar-refractivity contribution < 1.29 is 14.6 Å². The van der Waals surface area contributed by atoms with E-state index in [1.165, 1.54) is 12.1 Å². The van der Waals surface area contributed by atoms with Crippen LogP contribution in [0.4, 0.5) is 10.1 Å². The monoisotopic (exact) mass is 247 g/mol. The van der Waals surface area contributed by atoms with E-state index in [9.17, 15) is 9.50 Å². The SMILES string of the molecule is OCc1cccc(NCc2cc(O)cc(F)c2)c1. The van der Waals surface area contributed by atoms with E-state index in [2.05, 4.69) is 5.32 Å². The summed E-state index contributed by atoms with van der Waals surface area (Å²) in [4.78, 5) is 0. The molecule has 0 amide bonds. The normalized spacial score (nSPS) is 10.3. The summed E-state index contributed by atoms with van der Waals surface area (Å²) in [5.74, 6) is -0.549. The standard InChI is InChI=1S/C14H14FNO2/c15-12-4-11(6-14(18)7-12)8-16-13-3-1-2-10(5-13)9-17/h1-7,16-18H,8-9H2. The molecule has 0 atom stereocenters. The highest BCUT2D eigenvalue weighted by Crippen LogP contribution is 2.17. The minimum Gasteiger partial charge on any atom is -0.508 e. The van der Waals surface area contributed by atoms with E-state index in [-0.39, 0.29) is 12.4 Å². The lowest BCUT2D eigenvalue weighted by molar-refractivity contribution is 0.282. The molecule has 0 saturated heterocycles. The number of phenols is 1. The maximum atomic E-state index is 13.1. The van der Waals surface area contributed by atoms with E-state index in [0.29, 0.717) is 12.1 Å². The molecule has 2 aromatic rings. The number of aromatic hydroxyl groups is 1. The maximum Gasteiger partial charge on any atom is 0.127 e. The van der Waals surface area contributed by atoms with Crippen LogP contribution in [0.3, 0.4) is 0 Å². The van der Waals surface area contributed by atoms with Gasteiger partial charge in [0.1, 0.15) is 11.6 Å². The van der Waals surface area contributed by atoms with Crippen LogP contribution in [0.25, 0.3) is 0 Å². The number of phenolic OH excluding ortho intramolecular Hbond substituents is 1. The molecular formula is C14H14FNO2. The van der Waals surface area contributed by atoms with Crippen molar-refractivity contribution in [3.63, 3.8) is 0 Å². The number of hydrogen-bond acceptors (Lipinski definition) is 3. The summed E-state index contributed by atoms with van der Waals surface area (Å²) in [5.41, 5.74) is 2.30. The van der Waals surface area contributed by atoms with E-state index >= 15 is 0 Å². The van der Waals surface area contributed by atoms with Crippen molar-refractivity contribution in [2.75, 3.05) is 5.32 Å². The molecule has 0 aliphatic rings. The van der Waals surface area contributed by atoms with Gasteiger partial charge in [0.2, 0.25) is 0 Å². The van der Waals surface area contributed by atoms with Crippen LogP contribution in [0.15, 0.2) is 42.5 Å². The molecule has 3 nitrogen and oxygen atoms in total. The van der Waals surface area contributed by atoms with Crippen molar-refractivity contribution in [2.45, 2.75) is 13.2 Å². The van der Waals surface area contributed by atoms with Gasteiger partial charge in [0.15, 0.2) is 0 Å². The van der Waals surface area contributed by atoms with Gasteiger partial charge < -0.3 is 15.5 Å². The summed E-state index contributed by atoms with van der Waals surface area (Å²) in [7, 11) is 0. The van der Waals surface area contributed by atoms with Crippen LogP contribution in [-0.4, -0.2) is 10.2 Å². The van der Waals surface area contributed by atoms with Gasteiger partial charge in [-0.25, -0.2) is 4.39 Å². The van der Waals surface area contributed by atoms with E-state index in [1.807, 2.05) is 24.3 Å². The molecule has 18 heavy (non-hydrogen) atoms. The summed E-state index contributed by atoms with van der Waals surface area (Å²) in [5, 5.41) is 21.4. The second-order valence-corrected chi connectivity index (χ2v) is 4.03. The molecule has 0 bridgehead atoms. The zero-order chi connectivity index (χ0) is 13.0. The second kappa shape index (κ2) is 5.51. The molecular weight excluding hydrogens is 233 g/mol. The molecule has 0 radical (unpaired) electrons. The number of halogens is 1. The molecule has 3 N–H and O–H groups in total. The third kappa shape index (κ3) is 3.21.